The predicted octanol–water partition coefficient (Wildman–Crippen LogP) is 2.86. The Balaban J connectivity index is 2.42. The highest BCUT2D eigenvalue weighted by Gasteiger charge is 2.19. The van der Waals surface area contributed by atoms with Crippen molar-refractivity contribution in [3.05, 3.63) is 12.2 Å². The Morgan fingerprint density at radius 2 is 1.75 bits per heavy atom. The van der Waals surface area contributed by atoms with Gasteiger partial charge in [-0.05, 0) is 25.7 Å². The summed E-state index contributed by atoms with van der Waals surface area (Å²) in [6, 6.07) is 0.253. The van der Waals surface area contributed by atoms with Gasteiger partial charge in [0.15, 0.2) is 0 Å². The monoisotopic (exact) mass is 167 g/mol. The van der Waals surface area contributed by atoms with Gasteiger partial charge in [-0.3, -0.25) is 0 Å². The van der Waals surface area contributed by atoms with E-state index in [1.165, 1.54) is 38.5 Å². The molecule has 0 aromatic carbocycles. The van der Waals surface area contributed by atoms with Gasteiger partial charge in [-0.1, -0.05) is 37.8 Å². The van der Waals surface area contributed by atoms with Crippen LogP contribution in [0.3, 0.4) is 0 Å². The first-order valence-corrected chi connectivity index (χ1v) is 5.13. The summed E-state index contributed by atoms with van der Waals surface area (Å²) in [7, 11) is 0. The molecule has 1 aliphatic rings. The maximum absolute atomic E-state index is 6.06. The molecule has 1 atom stereocenters. The SMILES string of the molecule is C=C(C)C(N)C1CCCCCC1. The number of hydrogen-bond acceptors (Lipinski definition) is 1. The molecule has 1 aliphatic carbocycles. The largest absolute Gasteiger partial charge is 0.324 e. The predicted molar refractivity (Wildman–Crippen MR) is 54.0 cm³/mol. The highest BCUT2D eigenvalue weighted by atomic mass is 14.6. The molecule has 1 heteroatoms. The first kappa shape index (κ1) is 9.79. The van der Waals surface area contributed by atoms with Crippen molar-refractivity contribution in [2.24, 2.45) is 11.7 Å². The Hall–Kier alpha value is -0.300. The Kier molecular flexibility index (Phi) is 3.80. The van der Waals surface area contributed by atoms with Gasteiger partial charge in [-0.2, -0.15) is 0 Å². The van der Waals surface area contributed by atoms with Crippen LogP contribution in [0.2, 0.25) is 0 Å². The van der Waals surface area contributed by atoms with Gasteiger partial charge in [-0.15, -0.1) is 0 Å². The summed E-state index contributed by atoms with van der Waals surface area (Å²) in [4.78, 5) is 0. The normalized spacial score (nSPS) is 23.2. The van der Waals surface area contributed by atoms with Crippen molar-refractivity contribution in [2.45, 2.75) is 51.5 Å². The molecule has 1 unspecified atom stereocenters. The molecule has 0 aromatic rings. The molecule has 70 valence electrons. The highest BCUT2D eigenvalue weighted by Crippen LogP contribution is 2.26. The van der Waals surface area contributed by atoms with E-state index < -0.39 is 0 Å². The van der Waals surface area contributed by atoms with Crippen molar-refractivity contribution in [1.29, 1.82) is 0 Å². The molecule has 1 rings (SSSR count). The van der Waals surface area contributed by atoms with E-state index in [9.17, 15) is 0 Å². The Morgan fingerprint density at radius 1 is 1.25 bits per heavy atom. The summed E-state index contributed by atoms with van der Waals surface area (Å²) in [6.07, 6.45) is 8.16. The maximum atomic E-state index is 6.06. The molecule has 12 heavy (non-hydrogen) atoms. The molecule has 1 nitrogen and oxygen atoms in total. The van der Waals surface area contributed by atoms with Crippen LogP contribution in [0.5, 0.6) is 0 Å². The Morgan fingerprint density at radius 3 is 2.17 bits per heavy atom. The summed E-state index contributed by atoms with van der Waals surface area (Å²) in [5.41, 5.74) is 7.22. The quantitative estimate of drug-likeness (QED) is 0.496. The van der Waals surface area contributed by atoms with Gasteiger partial charge in [0, 0.05) is 6.04 Å². The van der Waals surface area contributed by atoms with Crippen molar-refractivity contribution in [2.75, 3.05) is 0 Å². The first-order valence-electron chi connectivity index (χ1n) is 5.13. The van der Waals surface area contributed by atoms with Crippen molar-refractivity contribution in [3.8, 4) is 0 Å². The van der Waals surface area contributed by atoms with Crippen LogP contribution in [-0.4, -0.2) is 6.04 Å². The van der Waals surface area contributed by atoms with Gasteiger partial charge >= 0.3 is 0 Å². The van der Waals surface area contributed by atoms with Gasteiger partial charge in [0.1, 0.15) is 0 Å². The minimum Gasteiger partial charge on any atom is -0.324 e. The molecule has 2 N–H and O–H groups in total. The van der Waals surface area contributed by atoms with Crippen LogP contribution in [0.15, 0.2) is 12.2 Å². The summed E-state index contributed by atoms with van der Waals surface area (Å²) < 4.78 is 0. The van der Waals surface area contributed by atoms with Crippen LogP contribution in [0.1, 0.15) is 45.4 Å². The van der Waals surface area contributed by atoms with Crippen LogP contribution in [0, 0.1) is 5.92 Å². The van der Waals surface area contributed by atoms with Crippen LogP contribution >= 0.6 is 0 Å². The van der Waals surface area contributed by atoms with Crippen LogP contribution in [-0.2, 0) is 0 Å². The summed E-state index contributed by atoms with van der Waals surface area (Å²) in [5, 5.41) is 0. The number of hydrogen-bond donors (Lipinski definition) is 1. The third kappa shape index (κ3) is 2.63. The third-order valence-corrected chi connectivity index (χ3v) is 2.98. The first-order chi connectivity index (χ1) is 5.72. The van der Waals surface area contributed by atoms with Crippen molar-refractivity contribution < 1.29 is 0 Å². The number of nitrogens with two attached hydrogens (primary N) is 1. The van der Waals surface area contributed by atoms with E-state index in [2.05, 4.69) is 13.5 Å². The second-order valence-corrected chi connectivity index (χ2v) is 4.12. The van der Waals surface area contributed by atoms with E-state index in [1.54, 1.807) is 0 Å². The van der Waals surface area contributed by atoms with Crippen molar-refractivity contribution in [3.63, 3.8) is 0 Å². The van der Waals surface area contributed by atoms with E-state index in [4.69, 9.17) is 5.73 Å². The van der Waals surface area contributed by atoms with Crippen LogP contribution < -0.4 is 5.73 Å². The Labute approximate surface area is 76.0 Å². The van der Waals surface area contributed by atoms with Gasteiger partial charge in [-0.25, -0.2) is 0 Å². The lowest BCUT2D eigenvalue weighted by Gasteiger charge is -2.22. The number of rotatable bonds is 2. The fourth-order valence-electron chi connectivity index (χ4n) is 2.07. The summed E-state index contributed by atoms with van der Waals surface area (Å²) in [6.45, 7) is 5.99. The molecule has 0 aliphatic heterocycles. The molecule has 0 aromatic heterocycles. The van der Waals surface area contributed by atoms with E-state index in [-0.39, 0.29) is 6.04 Å². The standard InChI is InChI=1S/C11H21N/c1-9(2)11(12)10-7-5-3-4-6-8-10/h10-11H,1,3-8,12H2,2H3. The molecule has 0 amide bonds. The molecule has 0 spiro atoms. The summed E-state index contributed by atoms with van der Waals surface area (Å²) >= 11 is 0. The van der Waals surface area contributed by atoms with E-state index in [0.717, 1.165) is 5.57 Å². The van der Waals surface area contributed by atoms with Crippen LogP contribution in [0.4, 0.5) is 0 Å². The molecule has 0 bridgehead atoms. The van der Waals surface area contributed by atoms with Crippen LogP contribution in [0.25, 0.3) is 0 Å². The second-order valence-electron chi connectivity index (χ2n) is 4.12. The smallest absolute Gasteiger partial charge is 0.0276 e. The third-order valence-electron chi connectivity index (χ3n) is 2.98. The van der Waals surface area contributed by atoms with Crippen molar-refractivity contribution in [1.82, 2.24) is 0 Å². The fourth-order valence-corrected chi connectivity index (χ4v) is 2.07. The van der Waals surface area contributed by atoms with Crippen molar-refractivity contribution >= 4 is 0 Å². The second kappa shape index (κ2) is 4.66. The lowest BCUT2D eigenvalue weighted by atomic mass is 9.89. The zero-order valence-electron chi connectivity index (χ0n) is 8.18. The minimum absolute atomic E-state index is 0.253. The van der Waals surface area contributed by atoms with Gasteiger partial charge < -0.3 is 5.73 Å². The topological polar surface area (TPSA) is 26.0 Å². The molecule has 1 fully saturated rings. The Bertz CT molecular complexity index is 143. The average Bonchev–Trinajstić information content (AvgIpc) is 2.30. The molecular weight excluding hydrogens is 146 g/mol. The van der Waals surface area contributed by atoms with E-state index in [0.29, 0.717) is 5.92 Å². The lowest BCUT2D eigenvalue weighted by Crippen LogP contribution is -2.30. The fraction of sp³-hybridized carbons (Fsp3) is 0.818. The zero-order valence-corrected chi connectivity index (χ0v) is 8.18. The maximum Gasteiger partial charge on any atom is 0.0276 e. The van der Waals surface area contributed by atoms with Gasteiger partial charge in [0.25, 0.3) is 0 Å². The average molecular weight is 167 g/mol. The van der Waals surface area contributed by atoms with E-state index >= 15 is 0 Å². The molecule has 0 radical (unpaired) electrons. The lowest BCUT2D eigenvalue weighted by molar-refractivity contribution is 0.407. The summed E-state index contributed by atoms with van der Waals surface area (Å²) in [5.74, 6) is 0.713. The molecule has 1 saturated carbocycles. The highest BCUT2D eigenvalue weighted by molar-refractivity contribution is 5.02. The van der Waals surface area contributed by atoms with Gasteiger partial charge in [0.2, 0.25) is 0 Å². The minimum atomic E-state index is 0.253. The molecule has 0 saturated heterocycles. The molecule has 0 heterocycles. The van der Waals surface area contributed by atoms with E-state index in [1.807, 2.05) is 0 Å². The van der Waals surface area contributed by atoms with Gasteiger partial charge in [0.05, 0.1) is 0 Å². The zero-order chi connectivity index (χ0) is 8.97. The molecular formula is C11H21N.